The molecule has 0 saturated heterocycles. The molecular weight excluding hydrogens is 330 g/mol. The van der Waals surface area contributed by atoms with Gasteiger partial charge in [-0.2, -0.15) is 0 Å². The minimum atomic E-state index is -0.407. The third-order valence-electron chi connectivity index (χ3n) is 4.31. The SMILES string of the molecule is CCCCOC(=O)n1c(Cc2noc3ccccc23)nc2ccccc21. The number of ether oxygens (including phenoxy) is 1. The van der Waals surface area contributed by atoms with E-state index in [4.69, 9.17) is 9.26 Å². The number of carbonyl (C=O) groups excluding carboxylic acids is 1. The fraction of sp³-hybridized carbons (Fsp3) is 0.250. The largest absolute Gasteiger partial charge is 0.449 e. The van der Waals surface area contributed by atoms with Gasteiger partial charge < -0.3 is 9.26 Å². The highest BCUT2D eigenvalue weighted by atomic mass is 16.5. The summed E-state index contributed by atoms with van der Waals surface area (Å²) in [6.45, 7) is 2.45. The smallest absolute Gasteiger partial charge is 0.419 e. The van der Waals surface area contributed by atoms with Crippen molar-refractivity contribution in [1.29, 1.82) is 0 Å². The van der Waals surface area contributed by atoms with E-state index in [9.17, 15) is 4.79 Å². The number of unbranched alkanes of at least 4 members (excludes halogenated alkanes) is 1. The van der Waals surface area contributed by atoms with Crippen LogP contribution in [0, 0.1) is 0 Å². The van der Waals surface area contributed by atoms with E-state index in [1.54, 1.807) is 0 Å². The maximum absolute atomic E-state index is 12.7. The summed E-state index contributed by atoms with van der Waals surface area (Å²) in [5.74, 6) is 0.590. The molecule has 0 atom stereocenters. The number of rotatable bonds is 5. The van der Waals surface area contributed by atoms with Crippen LogP contribution in [-0.2, 0) is 11.2 Å². The van der Waals surface area contributed by atoms with Crippen molar-refractivity contribution in [2.75, 3.05) is 6.61 Å². The number of carbonyl (C=O) groups is 1. The number of hydrogen-bond acceptors (Lipinski definition) is 5. The standard InChI is InChI=1S/C20H19N3O3/c1-2-3-12-25-20(24)23-17-10-6-5-9-15(17)21-19(23)13-16-14-8-4-7-11-18(14)26-22-16/h4-11H,2-3,12-13H2,1H3. The molecule has 2 heterocycles. The van der Waals surface area contributed by atoms with Crippen molar-refractivity contribution in [3.05, 3.63) is 60.0 Å². The first-order chi connectivity index (χ1) is 12.8. The van der Waals surface area contributed by atoms with E-state index < -0.39 is 6.09 Å². The van der Waals surface area contributed by atoms with E-state index >= 15 is 0 Å². The summed E-state index contributed by atoms with van der Waals surface area (Å²) >= 11 is 0. The molecule has 6 nitrogen and oxygen atoms in total. The lowest BCUT2D eigenvalue weighted by atomic mass is 10.1. The maximum Gasteiger partial charge on any atom is 0.419 e. The molecule has 2 aromatic carbocycles. The van der Waals surface area contributed by atoms with Crippen molar-refractivity contribution in [3.63, 3.8) is 0 Å². The lowest BCUT2D eigenvalue weighted by molar-refractivity contribution is 0.146. The van der Waals surface area contributed by atoms with E-state index in [2.05, 4.69) is 17.1 Å². The van der Waals surface area contributed by atoms with Crippen molar-refractivity contribution in [2.24, 2.45) is 0 Å². The molecule has 0 fully saturated rings. The van der Waals surface area contributed by atoms with Crippen molar-refractivity contribution in [1.82, 2.24) is 14.7 Å². The second-order valence-electron chi connectivity index (χ2n) is 6.12. The van der Waals surface area contributed by atoms with Gasteiger partial charge in [-0.25, -0.2) is 14.3 Å². The summed E-state index contributed by atoms with van der Waals surface area (Å²) in [5.41, 5.74) is 2.95. The van der Waals surface area contributed by atoms with Crippen LogP contribution in [0.4, 0.5) is 4.79 Å². The first-order valence-electron chi connectivity index (χ1n) is 8.74. The zero-order valence-corrected chi connectivity index (χ0v) is 14.5. The lowest BCUT2D eigenvalue weighted by Crippen LogP contribution is -2.17. The Labute approximate surface area is 150 Å². The topological polar surface area (TPSA) is 70.2 Å². The molecule has 4 aromatic rings. The minimum Gasteiger partial charge on any atom is -0.449 e. The van der Waals surface area contributed by atoms with Gasteiger partial charge in [0.05, 0.1) is 29.8 Å². The van der Waals surface area contributed by atoms with Crippen molar-refractivity contribution in [3.8, 4) is 0 Å². The Morgan fingerprint density at radius 3 is 2.85 bits per heavy atom. The number of para-hydroxylation sites is 3. The molecule has 0 aliphatic rings. The third kappa shape index (κ3) is 2.94. The number of hydrogen-bond donors (Lipinski definition) is 0. The number of benzene rings is 2. The zero-order valence-electron chi connectivity index (χ0n) is 14.5. The number of nitrogens with zero attached hydrogens (tertiary/aromatic N) is 3. The molecule has 0 amide bonds. The first-order valence-corrected chi connectivity index (χ1v) is 8.74. The average molecular weight is 349 g/mol. The molecule has 0 aliphatic heterocycles. The quantitative estimate of drug-likeness (QED) is 0.494. The van der Waals surface area contributed by atoms with E-state index in [1.165, 1.54) is 4.57 Å². The van der Waals surface area contributed by atoms with Gasteiger partial charge in [0.25, 0.3) is 0 Å². The Bertz CT molecular complexity index is 1060. The maximum atomic E-state index is 12.7. The molecule has 0 aliphatic carbocycles. The van der Waals surface area contributed by atoms with Gasteiger partial charge in [0.1, 0.15) is 5.82 Å². The van der Waals surface area contributed by atoms with Crippen molar-refractivity contribution in [2.45, 2.75) is 26.2 Å². The van der Waals surface area contributed by atoms with Gasteiger partial charge in [-0.1, -0.05) is 42.8 Å². The summed E-state index contributed by atoms with van der Waals surface area (Å²) in [6.07, 6.45) is 1.78. The van der Waals surface area contributed by atoms with Crippen LogP contribution in [-0.4, -0.2) is 27.4 Å². The van der Waals surface area contributed by atoms with E-state index in [0.29, 0.717) is 18.9 Å². The second-order valence-corrected chi connectivity index (χ2v) is 6.12. The molecule has 132 valence electrons. The molecule has 0 radical (unpaired) electrons. The van der Waals surface area contributed by atoms with Gasteiger partial charge in [0, 0.05) is 5.39 Å². The first kappa shape index (κ1) is 16.3. The summed E-state index contributed by atoms with van der Waals surface area (Å²) in [7, 11) is 0. The van der Waals surface area contributed by atoms with E-state index in [0.717, 1.165) is 40.5 Å². The summed E-state index contributed by atoms with van der Waals surface area (Å²) < 4.78 is 12.3. The highest BCUT2D eigenvalue weighted by molar-refractivity contribution is 5.88. The summed E-state index contributed by atoms with van der Waals surface area (Å²) in [4.78, 5) is 17.3. The van der Waals surface area contributed by atoms with Crippen LogP contribution in [0.15, 0.2) is 53.1 Å². The molecule has 0 N–H and O–H groups in total. The van der Waals surface area contributed by atoms with Crippen LogP contribution in [0.2, 0.25) is 0 Å². The van der Waals surface area contributed by atoms with E-state index in [-0.39, 0.29) is 0 Å². The second kappa shape index (κ2) is 7.00. The van der Waals surface area contributed by atoms with Crippen molar-refractivity contribution < 1.29 is 14.1 Å². The van der Waals surface area contributed by atoms with E-state index in [1.807, 2.05) is 48.5 Å². The van der Waals surface area contributed by atoms with Gasteiger partial charge in [-0.05, 0) is 30.7 Å². The van der Waals surface area contributed by atoms with Crippen LogP contribution in [0.5, 0.6) is 0 Å². The molecule has 6 heteroatoms. The molecule has 4 rings (SSSR count). The highest BCUT2D eigenvalue weighted by Crippen LogP contribution is 2.23. The minimum absolute atomic E-state index is 0.384. The lowest BCUT2D eigenvalue weighted by Gasteiger charge is -2.08. The summed E-state index contributed by atoms with van der Waals surface area (Å²) in [6, 6.07) is 15.2. The highest BCUT2D eigenvalue weighted by Gasteiger charge is 2.20. The molecule has 0 spiro atoms. The van der Waals surface area contributed by atoms with Gasteiger partial charge in [-0.3, -0.25) is 0 Å². The third-order valence-corrected chi connectivity index (χ3v) is 4.31. The monoisotopic (exact) mass is 349 g/mol. The average Bonchev–Trinajstić information content (AvgIpc) is 3.23. The number of imidazole rings is 1. The van der Waals surface area contributed by atoms with Gasteiger partial charge >= 0.3 is 6.09 Å². The van der Waals surface area contributed by atoms with Crippen LogP contribution < -0.4 is 0 Å². The van der Waals surface area contributed by atoms with Crippen LogP contribution in [0.3, 0.4) is 0 Å². The molecular formula is C20H19N3O3. The normalized spacial score (nSPS) is 11.3. The van der Waals surface area contributed by atoms with Crippen LogP contribution >= 0.6 is 0 Å². The molecule has 2 aromatic heterocycles. The van der Waals surface area contributed by atoms with Crippen LogP contribution in [0.1, 0.15) is 31.3 Å². The van der Waals surface area contributed by atoms with Crippen molar-refractivity contribution >= 4 is 28.1 Å². The fourth-order valence-corrected chi connectivity index (χ4v) is 2.98. The predicted octanol–water partition coefficient (Wildman–Crippen LogP) is 4.55. The molecule has 0 saturated carbocycles. The number of aromatic nitrogens is 3. The fourth-order valence-electron chi connectivity index (χ4n) is 2.98. The van der Waals surface area contributed by atoms with Gasteiger partial charge in [-0.15, -0.1) is 0 Å². The van der Waals surface area contributed by atoms with Gasteiger partial charge in [0.2, 0.25) is 0 Å². The molecule has 0 unspecified atom stereocenters. The zero-order chi connectivity index (χ0) is 17.9. The summed E-state index contributed by atoms with van der Waals surface area (Å²) in [5, 5.41) is 5.08. The Kier molecular flexibility index (Phi) is 4.39. The Hall–Kier alpha value is -3.15. The molecule has 0 bridgehead atoms. The number of fused-ring (bicyclic) bond motifs is 2. The Morgan fingerprint density at radius 2 is 1.96 bits per heavy atom. The Morgan fingerprint density at radius 1 is 1.15 bits per heavy atom. The molecule has 26 heavy (non-hydrogen) atoms. The predicted molar refractivity (Wildman–Crippen MR) is 98.2 cm³/mol. The Balaban J connectivity index is 1.74. The van der Waals surface area contributed by atoms with Crippen LogP contribution in [0.25, 0.3) is 22.0 Å². The van der Waals surface area contributed by atoms with Gasteiger partial charge in [0.15, 0.2) is 5.58 Å².